The van der Waals surface area contributed by atoms with Gasteiger partial charge in [-0.3, -0.25) is 5.43 Å². The molecule has 8 heteroatoms. The minimum atomic E-state index is 0.270. The summed E-state index contributed by atoms with van der Waals surface area (Å²) in [6, 6.07) is 0.270. The van der Waals surface area contributed by atoms with Crippen LogP contribution in [0.2, 0.25) is 0 Å². The Morgan fingerprint density at radius 1 is 1.28 bits per heavy atom. The Kier molecular flexibility index (Phi) is 4.07. The summed E-state index contributed by atoms with van der Waals surface area (Å²) >= 11 is 1.98. The molecular weight excluding hydrogens is 252 g/mol. The highest BCUT2D eigenvalue weighted by molar-refractivity contribution is 8.00. The molecule has 0 saturated carbocycles. The van der Waals surface area contributed by atoms with Crippen LogP contribution in [0.3, 0.4) is 0 Å². The van der Waals surface area contributed by atoms with E-state index >= 15 is 0 Å². The van der Waals surface area contributed by atoms with Gasteiger partial charge in [-0.15, -0.1) is 0 Å². The second-order valence-corrected chi connectivity index (χ2v) is 6.13. The fourth-order valence-electron chi connectivity index (χ4n) is 1.98. The molecule has 0 spiro atoms. The van der Waals surface area contributed by atoms with Crippen molar-refractivity contribution in [2.45, 2.75) is 24.3 Å². The smallest absolute Gasteiger partial charge is 0.322 e. The largest absolute Gasteiger partial charge is 0.467 e. The number of nitrogens with zero attached hydrogens (tertiary/aromatic N) is 4. The van der Waals surface area contributed by atoms with Gasteiger partial charge in [0.15, 0.2) is 0 Å². The lowest BCUT2D eigenvalue weighted by Gasteiger charge is -2.34. The number of ether oxygens (including phenoxy) is 1. The molecule has 0 amide bonds. The first-order chi connectivity index (χ1) is 8.62. The number of hydrogen-bond donors (Lipinski definition) is 2. The van der Waals surface area contributed by atoms with E-state index in [0.717, 1.165) is 13.1 Å². The number of nitrogen functional groups attached to an aromatic ring is 1. The number of aromatic nitrogens is 3. The van der Waals surface area contributed by atoms with Crippen molar-refractivity contribution in [1.29, 1.82) is 0 Å². The predicted octanol–water partition coefficient (Wildman–Crippen LogP) is 0.496. The summed E-state index contributed by atoms with van der Waals surface area (Å²) in [5, 5.41) is 1.09. The monoisotopic (exact) mass is 270 g/mol. The van der Waals surface area contributed by atoms with Crippen molar-refractivity contribution in [2.75, 3.05) is 30.5 Å². The highest BCUT2D eigenvalue weighted by Gasteiger charge is 2.25. The maximum Gasteiger partial charge on any atom is 0.322 e. The maximum atomic E-state index is 5.35. The molecule has 1 aromatic rings. The molecule has 7 nitrogen and oxygen atoms in total. The zero-order valence-corrected chi connectivity index (χ0v) is 11.6. The van der Waals surface area contributed by atoms with Gasteiger partial charge in [-0.25, -0.2) is 5.84 Å². The number of nitrogens with two attached hydrogens (primary N) is 1. The van der Waals surface area contributed by atoms with Crippen molar-refractivity contribution in [1.82, 2.24) is 15.0 Å². The zero-order chi connectivity index (χ0) is 13.1. The van der Waals surface area contributed by atoms with Crippen molar-refractivity contribution >= 4 is 23.7 Å². The summed E-state index contributed by atoms with van der Waals surface area (Å²) in [6.45, 7) is 6.22. The molecule has 1 saturated heterocycles. The number of hydrogen-bond acceptors (Lipinski definition) is 8. The van der Waals surface area contributed by atoms with Gasteiger partial charge in [0.25, 0.3) is 0 Å². The SMILES string of the molecule is COc1nc(NN)nc(N2CC(C)SC(C)C2)n1. The summed E-state index contributed by atoms with van der Waals surface area (Å²) in [6.07, 6.45) is 0. The summed E-state index contributed by atoms with van der Waals surface area (Å²) in [7, 11) is 1.52. The number of hydrazine groups is 1. The van der Waals surface area contributed by atoms with Gasteiger partial charge in [-0.2, -0.15) is 26.7 Å². The van der Waals surface area contributed by atoms with Crippen LogP contribution in [0.15, 0.2) is 0 Å². The Labute approximate surface area is 110 Å². The molecule has 2 heterocycles. The van der Waals surface area contributed by atoms with Gasteiger partial charge in [0.05, 0.1) is 7.11 Å². The van der Waals surface area contributed by atoms with Crippen molar-refractivity contribution in [3.8, 4) is 6.01 Å². The molecule has 1 aliphatic rings. The molecule has 0 radical (unpaired) electrons. The molecule has 0 aliphatic carbocycles. The van der Waals surface area contributed by atoms with Gasteiger partial charge in [-0.1, -0.05) is 13.8 Å². The Morgan fingerprint density at radius 3 is 2.50 bits per heavy atom. The molecule has 2 rings (SSSR count). The molecule has 2 atom stereocenters. The van der Waals surface area contributed by atoms with Crippen LogP contribution in [0.5, 0.6) is 6.01 Å². The van der Waals surface area contributed by atoms with E-state index in [1.807, 2.05) is 11.8 Å². The molecule has 18 heavy (non-hydrogen) atoms. The average Bonchev–Trinajstić information content (AvgIpc) is 2.37. The Balaban J connectivity index is 2.25. The van der Waals surface area contributed by atoms with E-state index in [2.05, 4.69) is 39.1 Å². The van der Waals surface area contributed by atoms with Crippen molar-refractivity contribution < 1.29 is 4.74 Å². The van der Waals surface area contributed by atoms with Crippen LogP contribution in [0.25, 0.3) is 0 Å². The Morgan fingerprint density at radius 2 is 1.94 bits per heavy atom. The van der Waals surface area contributed by atoms with Crippen LogP contribution >= 0.6 is 11.8 Å². The van der Waals surface area contributed by atoms with Crippen molar-refractivity contribution in [2.24, 2.45) is 5.84 Å². The Bertz CT molecular complexity index is 385. The quantitative estimate of drug-likeness (QED) is 0.606. The minimum Gasteiger partial charge on any atom is -0.467 e. The van der Waals surface area contributed by atoms with Gasteiger partial charge >= 0.3 is 6.01 Å². The van der Waals surface area contributed by atoms with Crippen LogP contribution < -0.4 is 20.9 Å². The van der Waals surface area contributed by atoms with Crippen molar-refractivity contribution in [3.05, 3.63) is 0 Å². The van der Waals surface area contributed by atoms with Crippen LogP contribution in [0, 0.1) is 0 Å². The highest BCUT2D eigenvalue weighted by atomic mass is 32.2. The van der Waals surface area contributed by atoms with E-state index in [1.54, 1.807) is 0 Å². The van der Waals surface area contributed by atoms with E-state index in [1.165, 1.54) is 7.11 Å². The van der Waals surface area contributed by atoms with E-state index in [9.17, 15) is 0 Å². The number of anilines is 2. The third-order valence-electron chi connectivity index (χ3n) is 2.62. The summed E-state index contributed by atoms with van der Waals surface area (Å²) in [5.41, 5.74) is 2.43. The third kappa shape index (κ3) is 2.94. The minimum absolute atomic E-state index is 0.270. The lowest BCUT2D eigenvalue weighted by molar-refractivity contribution is 0.378. The number of thioether (sulfide) groups is 1. The maximum absolute atomic E-state index is 5.35. The van der Waals surface area contributed by atoms with Crippen LogP contribution in [0.1, 0.15) is 13.8 Å². The standard InChI is InChI=1S/C10H18N6OS/c1-6-4-16(5-7(2)18-6)9-12-8(15-11)13-10(14-9)17-3/h6-7H,4-5,11H2,1-3H3,(H,12,13,14,15). The first kappa shape index (κ1) is 13.2. The number of methoxy groups -OCH3 is 1. The second-order valence-electron chi connectivity index (χ2n) is 4.25. The first-order valence-electron chi connectivity index (χ1n) is 5.79. The molecule has 1 fully saturated rings. The van der Waals surface area contributed by atoms with Crippen LogP contribution in [0.4, 0.5) is 11.9 Å². The van der Waals surface area contributed by atoms with Crippen LogP contribution in [-0.4, -0.2) is 45.7 Å². The lowest BCUT2D eigenvalue weighted by atomic mass is 10.3. The third-order valence-corrected chi connectivity index (χ3v) is 3.84. The summed E-state index contributed by atoms with van der Waals surface area (Å²) in [5.74, 6) is 6.27. The summed E-state index contributed by atoms with van der Waals surface area (Å²) < 4.78 is 5.05. The predicted molar refractivity (Wildman–Crippen MR) is 72.9 cm³/mol. The van der Waals surface area contributed by atoms with Gasteiger partial charge in [0.1, 0.15) is 0 Å². The summed E-state index contributed by atoms with van der Waals surface area (Å²) in [4.78, 5) is 14.7. The highest BCUT2D eigenvalue weighted by Crippen LogP contribution is 2.27. The molecule has 0 bridgehead atoms. The van der Waals surface area contributed by atoms with Gasteiger partial charge in [0.2, 0.25) is 11.9 Å². The average molecular weight is 270 g/mol. The van der Waals surface area contributed by atoms with E-state index in [-0.39, 0.29) is 6.01 Å². The normalized spacial score (nSPS) is 23.9. The molecule has 0 aromatic carbocycles. The molecule has 3 N–H and O–H groups in total. The molecule has 1 aromatic heterocycles. The van der Waals surface area contributed by atoms with E-state index in [0.29, 0.717) is 22.4 Å². The van der Waals surface area contributed by atoms with Gasteiger partial charge in [0, 0.05) is 23.6 Å². The first-order valence-corrected chi connectivity index (χ1v) is 6.73. The molecule has 1 aliphatic heterocycles. The zero-order valence-electron chi connectivity index (χ0n) is 10.8. The second kappa shape index (κ2) is 5.57. The molecule has 100 valence electrons. The number of rotatable bonds is 3. The van der Waals surface area contributed by atoms with Gasteiger partial charge < -0.3 is 9.64 Å². The van der Waals surface area contributed by atoms with E-state index in [4.69, 9.17) is 10.6 Å². The molecule has 2 unspecified atom stereocenters. The topological polar surface area (TPSA) is 89.2 Å². The fraction of sp³-hybridized carbons (Fsp3) is 0.700. The fourth-order valence-corrected chi connectivity index (χ4v) is 3.31. The molecular formula is C10H18N6OS. The number of nitrogens with one attached hydrogen (secondary N) is 1. The van der Waals surface area contributed by atoms with Crippen molar-refractivity contribution in [3.63, 3.8) is 0 Å². The van der Waals surface area contributed by atoms with E-state index < -0.39 is 0 Å². The van der Waals surface area contributed by atoms with Gasteiger partial charge in [-0.05, 0) is 0 Å². The Hall–Kier alpha value is -1.28. The lowest BCUT2D eigenvalue weighted by Crippen LogP contribution is -2.41. The van der Waals surface area contributed by atoms with Crippen LogP contribution in [-0.2, 0) is 0 Å².